The van der Waals surface area contributed by atoms with E-state index in [1.807, 2.05) is 17.2 Å². The molecular formula is C26H41N5O2. The summed E-state index contributed by atoms with van der Waals surface area (Å²) in [5, 5.41) is 6.64. The molecule has 7 heteroatoms. The molecular weight excluding hydrogens is 414 g/mol. The summed E-state index contributed by atoms with van der Waals surface area (Å²) in [5.41, 5.74) is 2.68. The van der Waals surface area contributed by atoms with Crippen molar-refractivity contribution in [2.75, 3.05) is 26.2 Å². The Labute approximate surface area is 198 Å². The maximum atomic E-state index is 12.9. The topological polar surface area (TPSA) is 77.6 Å². The molecule has 3 heterocycles. The summed E-state index contributed by atoms with van der Waals surface area (Å²) >= 11 is 0. The van der Waals surface area contributed by atoms with Gasteiger partial charge in [-0.3, -0.25) is 9.78 Å². The maximum absolute atomic E-state index is 12.9. The van der Waals surface area contributed by atoms with E-state index in [4.69, 9.17) is 0 Å². The lowest BCUT2D eigenvalue weighted by Gasteiger charge is -2.34. The lowest BCUT2D eigenvalue weighted by Crippen LogP contribution is -2.41. The van der Waals surface area contributed by atoms with Crippen molar-refractivity contribution < 1.29 is 9.59 Å². The van der Waals surface area contributed by atoms with E-state index in [0.29, 0.717) is 48.7 Å². The van der Waals surface area contributed by atoms with Crippen LogP contribution in [0, 0.1) is 17.3 Å². The lowest BCUT2D eigenvalue weighted by atomic mass is 9.90. The second-order valence-electron chi connectivity index (χ2n) is 10.7. The molecule has 3 aliphatic rings. The number of pyridine rings is 1. The van der Waals surface area contributed by atoms with E-state index in [1.165, 1.54) is 12.0 Å². The highest BCUT2D eigenvalue weighted by atomic mass is 16.2. The van der Waals surface area contributed by atoms with E-state index in [0.717, 1.165) is 57.4 Å². The van der Waals surface area contributed by atoms with Gasteiger partial charge in [0, 0.05) is 57.6 Å². The van der Waals surface area contributed by atoms with Crippen molar-refractivity contribution in [2.45, 2.75) is 78.4 Å². The molecule has 1 saturated heterocycles. The van der Waals surface area contributed by atoms with Gasteiger partial charge in [-0.2, -0.15) is 0 Å². The minimum atomic E-state index is 0.0263. The van der Waals surface area contributed by atoms with Crippen molar-refractivity contribution in [3.05, 3.63) is 29.6 Å². The minimum absolute atomic E-state index is 0.0263. The van der Waals surface area contributed by atoms with Gasteiger partial charge in [0.15, 0.2) is 0 Å². The molecule has 0 radical (unpaired) electrons. The Morgan fingerprint density at radius 1 is 1.18 bits per heavy atom. The van der Waals surface area contributed by atoms with E-state index in [2.05, 4.69) is 41.3 Å². The summed E-state index contributed by atoms with van der Waals surface area (Å²) < 4.78 is 0. The van der Waals surface area contributed by atoms with E-state index >= 15 is 0 Å². The van der Waals surface area contributed by atoms with Crippen LogP contribution in [0.15, 0.2) is 18.5 Å². The average Bonchev–Trinajstić information content (AvgIpc) is 3.27. The zero-order chi connectivity index (χ0) is 23.4. The van der Waals surface area contributed by atoms with Gasteiger partial charge in [-0.05, 0) is 66.7 Å². The Kier molecular flexibility index (Phi) is 7.57. The van der Waals surface area contributed by atoms with Gasteiger partial charge in [0.05, 0.1) is 0 Å². The first kappa shape index (κ1) is 24.0. The third kappa shape index (κ3) is 5.86. The number of piperidine rings is 1. The zero-order valence-electron chi connectivity index (χ0n) is 20.6. The first-order valence-electron chi connectivity index (χ1n) is 12.9. The van der Waals surface area contributed by atoms with Crippen molar-refractivity contribution in [3.63, 3.8) is 0 Å². The van der Waals surface area contributed by atoms with Gasteiger partial charge in [0.1, 0.15) is 0 Å². The van der Waals surface area contributed by atoms with Crippen molar-refractivity contribution in [1.82, 2.24) is 25.4 Å². The SMILES string of the molecule is CCC(CCNC(C)C)CC(=O)N1CCC2(CC1)CC2CNC(=O)N1Cc2ccncc2C1. The van der Waals surface area contributed by atoms with Crippen LogP contribution in [-0.2, 0) is 17.9 Å². The molecule has 0 bridgehead atoms. The van der Waals surface area contributed by atoms with E-state index in [-0.39, 0.29) is 6.03 Å². The van der Waals surface area contributed by atoms with Crippen LogP contribution in [0.5, 0.6) is 0 Å². The van der Waals surface area contributed by atoms with Gasteiger partial charge in [0.25, 0.3) is 0 Å². The number of amides is 3. The third-order valence-corrected chi connectivity index (χ3v) is 8.13. The molecule has 2 fully saturated rings. The molecule has 2 aliphatic heterocycles. The molecule has 1 aromatic heterocycles. The molecule has 182 valence electrons. The Bertz CT molecular complexity index is 809. The Morgan fingerprint density at radius 3 is 2.64 bits per heavy atom. The van der Waals surface area contributed by atoms with Crippen molar-refractivity contribution in [3.8, 4) is 0 Å². The monoisotopic (exact) mass is 455 g/mol. The number of aromatic nitrogens is 1. The van der Waals surface area contributed by atoms with Crippen molar-refractivity contribution in [2.24, 2.45) is 17.3 Å². The first-order chi connectivity index (χ1) is 15.9. The normalized spacial score (nSPS) is 21.9. The summed E-state index contributed by atoms with van der Waals surface area (Å²) in [6.45, 7) is 11.3. The summed E-state index contributed by atoms with van der Waals surface area (Å²) in [7, 11) is 0. The highest BCUT2D eigenvalue weighted by molar-refractivity contribution is 5.76. The van der Waals surface area contributed by atoms with Crippen molar-refractivity contribution >= 4 is 11.9 Å². The Hall–Kier alpha value is -2.15. The van der Waals surface area contributed by atoms with Crippen LogP contribution >= 0.6 is 0 Å². The van der Waals surface area contributed by atoms with Gasteiger partial charge in [0.2, 0.25) is 5.91 Å². The molecule has 2 N–H and O–H groups in total. The number of hydrogen-bond acceptors (Lipinski definition) is 4. The van der Waals surface area contributed by atoms with Crippen LogP contribution in [0.3, 0.4) is 0 Å². The third-order valence-electron chi connectivity index (χ3n) is 8.13. The number of urea groups is 1. The molecule has 2 atom stereocenters. The molecule has 33 heavy (non-hydrogen) atoms. The van der Waals surface area contributed by atoms with Crippen LogP contribution < -0.4 is 10.6 Å². The van der Waals surface area contributed by atoms with E-state index < -0.39 is 0 Å². The van der Waals surface area contributed by atoms with Crippen LogP contribution in [0.1, 0.15) is 70.4 Å². The molecule has 7 nitrogen and oxygen atoms in total. The summed E-state index contributed by atoms with van der Waals surface area (Å²) in [6.07, 6.45) is 9.78. The molecule has 1 saturated carbocycles. The number of rotatable bonds is 9. The van der Waals surface area contributed by atoms with Gasteiger partial charge < -0.3 is 20.4 Å². The molecule has 1 aliphatic carbocycles. The number of likely N-dealkylation sites (tertiary alicyclic amines) is 1. The largest absolute Gasteiger partial charge is 0.343 e. The second-order valence-corrected chi connectivity index (χ2v) is 10.7. The number of hydrogen-bond donors (Lipinski definition) is 2. The van der Waals surface area contributed by atoms with Gasteiger partial charge in [-0.15, -0.1) is 0 Å². The lowest BCUT2D eigenvalue weighted by molar-refractivity contribution is -0.134. The summed E-state index contributed by atoms with van der Waals surface area (Å²) in [5.74, 6) is 1.35. The maximum Gasteiger partial charge on any atom is 0.318 e. The van der Waals surface area contributed by atoms with Crippen LogP contribution in [0.4, 0.5) is 4.79 Å². The van der Waals surface area contributed by atoms with Crippen LogP contribution in [0.2, 0.25) is 0 Å². The fourth-order valence-electron chi connectivity index (χ4n) is 5.62. The standard InChI is InChI=1S/C26H41N5O2/c1-4-20(5-10-28-19(2)3)13-24(32)30-11-7-26(8-12-30)14-23(26)16-29-25(33)31-17-21-6-9-27-15-22(21)18-31/h6,9,15,19-20,23,28H,4-5,7-8,10-14,16-18H2,1-3H3,(H,29,33). The predicted molar refractivity (Wildman–Crippen MR) is 129 cm³/mol. The summed E-state index contributed by atoms with van der Waals surface area (Å²) in [4.78, 5) is 33.6. The Balaban J connectivity index is 1.15. The zero-order valence-corrected chi connectivity index (χ0v) is 20.6. The highest BCUT2D eigenvalue weighted by Gasteiger charge is 2.54. The molecule has 2 unspecified atom stereocenters. The van der Waals surface area contributed by atoms with E-state index in [9.17, 15) is 9.59 Å². The number of carbonyl (C=O) groups excluding carboxylic acids is 2. The quantitative estimate of drug-likeness (QED) is 0.597. The van der Waals surface area contributed by atoms with Gasteiger partial charge in [-0.1, -0.05) is 27.2 Å². The average molecular weight is 456 g/mol. The second kappa shape index (κ2) is 10.4. The smallest absolute Gasteiger partial charge is 0.318 e. The predicted octanol–water partition coefficient (Wildman–Crippen LogP) is 3.54. The fraction of sp³-hybridized carbons (Fsp3) is 0.731. The molecule has 1 spiro atoms. The molecule has 1 aromatic rings. The summed E-state index contributed by atoms with van der Waals surface area (Å²) in [6, 6.07) is 2.52. The minimum Gasteiger partial charge on any atom is -0.343 e. The highest BCUT2D eigenvalue weighted by Crippen LogP contribution is 2.59. The number of fused-ring (bicyclic) bond motifs is 1. The van der Waals surface area contributed by atoms with Gasteiger partial charge in [-0.25, -0.2) is 4.79 Å². The Morgan fingerprint density at radius 2 is 1.94 bits per heavy atom. The number of nitrogens with one attached hydrogen (secondary N) is 2. The molecule has 3 amide bonds. The first-order valence-corrected chi connectivity index (χ1v) is 12.9. The molecule has 4 rings (SSSR count). The number of carbonyl (C=O) groups is 2. The molecule has 0 aromatic carbocycles. The van der Waals surface area contributed by atoms with Gasteiger partial charge >= 0.3 is 6.03 Å². The number of nitrogens with zero attached hydrogens (tertiary/aromatic N) is 3. The fourth-order valence-corrected chi connectivity index (χ4v) is 5.62. The van der Waals surface area contributed by atoms with Crippen LogP contribution in [0.25, 0.3) is 0 Å². The van der Waals surface area contributed by atoms with E-state index in [1.54, 1.807) is 6.20 Å². The van der Waals surface area contributed by atoms with Crippen LogP contribution in [-0.4, -0.2) is 58.9 Å². The van der Waals surface area contributed by atoms with Crippen molar-refractivity contribution in [1.29, 1.82) is 0 Å².